The van der Waals surface area contributed by atoms with E-state index in [1.807, 2.05) is 6.92 Å². The second kappa shape index (κ2) is 7.38. The second-order valence-corrected chi connectivity index (χ2v) is 7.55. The fourth-order valence-electron chi connectivity index (χ4n) is 2.73. The molecule has 0 spiro atoms. The van der Waals surface area contributed by atoms with Gasteiger partial charge in [-0.15, -0.1) is 12.4 Å². The highest BCUT2D eigenvalue weighted by Crippen LogP contribution is 2.33. The van der Waals surface area contributed by atoms with Gasteiger partial charge < -0.3 is 5.73 Å². The fraction of sp³-hybridized carbons (Fsp3) is 0.571. The molecule has 2 rings (SSSR count). The lowest BCUT2D eigenvalue weighted by Crippen LogP contribution is -2.49. The van der Waals surface area contributed by atoms with Crippen LogP contribution >= 0.6 is 12.4 Å². The van der Waals surface area contributed by atoms with E-state index in [1.165, 1.54) is 10.4 Å². The van der Waals surface area contributed by atoms with E-state index in [9.17, 15) is 21.6 Å². The Morgan fingerprint density at radius 2 is 2.00 bits per heavy atom. The third-order valence-electron chi connectivity index (χ3n) is 3.96. The Hall–Kier alpha value is -0.830. The molecule has 0 radical (unpaired) electrons. The molecule has 1 saturated heterocycles. The maximum absolute atomic E-state index is 12.8. The van der Waals surface area contributed by atoms with Gasteiger partial charge in [0.15, 0.2) is 0 Å². The zero-order valence-electron chi connectivity index (χ0n) is 12.6. The number of alkyl halides is 3. The minimum absolute atomic E-state index is 0. The molecule has 0 aliphatic carbocycles. The van der Waals surface area contributed by atoms with Crippen LogP contribution in [0.4, 0.5) is 13.2 Å². The topological polar surface area (TPSA) is 63.4 Å². The molecular weight excluding hydrogens is 353 g/mol. The van der Waals surface area contributed by atoms with Crippen LogP contribution in [-0.2, 0) is 16.2 Å². The molecule has 2 N–H and O–H groups in total. The van der Waals surface area contributed by atoms with Gasteiger partial charge in [-0.2, -0.15) is 17.5 Å². The van der Waals surface area contributed by atoms with Gasteiger partial charge in [0.05, 0.1) is 10.5 Å². The van der Waals surface area contributed by atoms with Crippen molar-refractivity contribution < 1.29 is 21.6 Å². The standard InChI is InChI=1S/C14H19F3N2O2S.ClH/c1-10-5-6-19(12(7-10)9-18)22(20,21)13-4-2-3-11(8-13)14(15,16)17;/h2-4,8,10,12H,5-7,9,18H2,1H3;1H. The van der Waals surface area contributed by atoms with Crippen molar-refractivity contribution in [1.82, 2.24) is 4.31 Å². The summed E-state index contributed by atoms with van der Waals surface area (Å²) in [7, 11) is -3.98. The van der Waals surface area contributed by atoms with Gasteiger partial charge >= 0.3 is 6.18 Å². The summed E-state index contributed by atoms with van der Waals surface area (Å²) in [5.41, 5.74) is 4.67. The third kappa shape index (κ3) is 4.37. The number of hydrogen-bond acceptors (Lipinski definition) is 3. The van der Waals surface area contributed by atoms with Gasteiger partial charge in [-0.05, 0) is 37.0 Å². The molecule has 0 aromatic heterocycles. The van der Waals surface area contributed by atoms with Crippen molar-refractivity contribution in [2.24, 2.45) is 11.7 Å². The predicted octanol–water partition coefficient (Wildman–Crippen LogP) is 2.88. The zero-order valence-corrected chi connectivity index (χ0v) is 14.2. The van der Waals surface area contributed by atoms with Crippen molar-refractivity contribution in [3.8, 4) is 0 Å². The first-order valence-electron chi connectivity index (χ1n) is 7.05. The van der Waals surface area contributed by atoms with E-state index in [-0.39, 0.29) is 36.4 Å². The van der Waals surface area contributed by atoms with Crippen molar-refractivity contribution in [2.75, 3.05) is 13.1 Å². The molecule has 4 nitrogen and oxygen atoms in total. The van der Waals surface area contributed by atoms with Crippen LogP contribution in [0.5, 0.6) is 0 Å². The van der Waals surface area contributed by atoms with Crippen molar-refractivity contribution in [2.45, 2.75) is 36.9 Å². The first-order chi connectivity index (χ1) is 10.2. The van der Waals surface area contributed by atoms with E-state index in [0.29, 0.717) is 24.8 Å². The van der Waals surface area contributed by atoms with Gasteiger partial charge in [0, 0.05) is 19.1 Å². The number of nitrogens with two attached hydrogens (primary N) is 1. The summed E-state index contributed by atoms with van der Waals surface area (Å²) in [4.78, 5) is -0.338. The lowest BCUT2D eigenvalue weighted by molar-refractivity contribution is -0.137. The van der Waals surface area contributed by atoms with Crippen LogP contribution in [0.3, 0.4) is 0 Å². The Morgan fingerprint density at radius 1 is 1.35 bits per heavy atom. The Morgan fingerprint density at radius 3 is 2.57 bits per heavy atom. The fourth-order valence-corrected chi connectivity index (χ4v) is 4.44. The molecule has 9 heteroatoms. The van der Waals surface area contributed by atoms with Crippen LogP contribution in [-0.4, -0.2) is 31.9 Å². The highest BCUT2D eigenvalue weighted by molar-refractivity contribution is 7.89. The van der Waals surface area contributed by atoms with Crippen LogP contribution < -0.4 is 5.73 Å². The average Bonchev–Trinajstić information content (AvgIpc) is 2.46. The van der Waals surface area contributed by atoms with Crippen LogP contribution in [0.2, 0.25) is 0 Å². The number of hydrogen-bond donors (Lipinski definition) is 1. The molecule has 1 fully saturated rings. The summed E-state index contributed by atoms with van der Waals surface area (Å²) >= 11 is 0. The van der Waals surface area contributed by atoms with Crippen LogP contribution in [0.15, 0.2) is 29.2 Å². The highest BCUT2D eigenvalue weighted by atomic mass is 35.5. The normalized spacial score (nSPS) is 23.3. The minimum Gasteiger partial charge on any atom is -0.329 e. The second-order valence-electron chi connectivity index (χ2n) is 5.66. The van der Waals surface area contributed by atoms with Gasteiger partial charge in [0.2, 0.25) is 10.0 Å². The van der Waals surface area contributed by atoms with E-state index in [0.717, 1.165) is 12.1 Å². The molecule has 1 heterocycles. The summed E-state index contributed by atoms with van der Waals surface area (Å²) in [6.07, 6.45) is -3.28. The Kier molecular flexibility index (Phi) is 6.48. The van der Waals surface area contributed by atoms with Crippen molar-refractivity contribution >= 4 is 22.4 Å². The van der Waals surface area contributed by atoms with Gasteiger partial charge in [-0.3, -0.25) is 0 Å². The van der Waals surface area contributed by atoms with Gasteiger partial charge in [0.1, 0.15) is 0 Å². The van der Waals surface area contributed by atoms with E-state index in [2.05, 4.69) is 0 Å². The lowest BCUT2D eigenvalue weighted by Gasteiger charge is -2.36. The van der Waals surface area contributed by atoms with Crippen LogP contribution in [0, 0.1) is 5.92 Å². The Bertz CT molecular complexity index is 637. The molecule has 1 aromatic rings. The molecule has 0 amide bonds. The Balaban J connectivity index is 0.00000264. The zero-order chi connectivity index (χ0) is 16.5. The number of halogens is 4. The summed E-state index contributed by atoms with van der Waals surface area (Å²) < 4.78 is 64.8. The van der Waals surface area contributed by atoms with Gasteiger partial charge in [-0.1, -0.05) is 13.0 Å². The highest BCUT2D eigenvalue weighted by Gasteiger charge is 2.37. The molecule has 1 aromatic carbocycles. The van der Waals surface area contributed by atoms with Crippen LogP contribution in [0.1, 0.15) is 25.3 Å². The molecule has 0 saturated carbocycles. The first kappa shape index (κ1) is 20.2. The summed E-state index contributed by atoms with van der Waals surface area (Å²) in [5, 5.41) is 0. The number of piperidine rings is 1. The van der Waals surface area contributed by atoms with Crippen molar-refractivity contribution in [1.29, 1.82) is 0 Å². The smallest absolute Gasteiger partial charge is 0.329 e. The molecule has 2 unspecified atom stereocenters. The first-order valence-corrected chi connectivity index (χ1v) is 8.49. The SMILES string of the molecule is CC1CCN(S(=O)(=O)c2cccc(C(F)(F)F)c2)C(CN)C1.Cl. The summed E-state index contributed by atoms with van der Waals surface area (Å²) in [6.45, 7) is 2.45. The average molecular weight is 373 g/mol. The largest absolute Gasteiger partial charge is 0.416 e. The number of benzene rings is 1. The quantitative estimate of drug-likeness (QED) is 0.887. The van der Waals surface area contributed by atoms with Gasteiger partial charge in [-0.25, -0.2) is 8.42 Å². The lowest BCUT2D eigenvalue weighted by atomic mass is 9.94. The van der Waals surface area contributed by atoms with E-state index in [1.54, 1.807) is 0 Å². The van der Waals surface area contributed by atoms with Gasteiger partial charge in [0.25, 0.3) is 0 Å². The van der Waals surface area contributed by atoms with E-state index >= 15 is 0 Å². The molecular formula is C14H20ClF3N2O2S. The number of sulfonamides is 1. The van der Waals surface area contributed by atoms with E-state index in [4.69, 9.17) is 5.73 Å². The molecule has 0 bridgehead atoms. The minimum atomic E-state index is -4.57. The molecule has 1 aliphatic heterocycles. The number of rotatable bonds is 3. The molecule has 132 valence electrons. The molecule has 23 heavy (non-hydrogen) atoms. The maximum Gasteiger partial charge on any atom is 0.416 e. The molecule has 1 aliphatic rings. The van der Waals surface area contributed by atoms with Crippen molar-refractivity contribution in [3.63, 3.8) is 0 Å². The maximum atomic E-state index is 12.8. The predicted molar refractivity (Wildman–Crippen MR) is 83.8 cm³/mol. The monoisotopic (exact) mass is 372 g/mol. The Labute approximate surface area is 140 Å². The number of nitrogens with zero attached hydrogens (tertiary/aromatic N) is 1. The van der Waals surface area contributed by atoms with Crippen molar-refractivity contribution in [3.05, 3.63) is 29.8 Å². The molecule has 2 atom stereocenters. The van der Waals surface area contributed by atoms with E-state index < -0.39 is 21.8 Å². The van der Waals surface area contributed by atoms with Crippen LogP contribution in [0.25, 0.3) is 0 Å². The summed E-state index contributed by atoms with van der Waals surface area (Å²) in [5.74, 6) is 0.349. The third-order valence-corrected chi connectivity index (χ3v) is 5.91. The summed E-state index contributed by atoms with van der Waals surface area (Å²) in [6, 6.07) is 3.47.